The normalized spacial score (nSPS) is 20.8. The molecule has 1 saturated heterocycles. The van der Waals surface area contributed by atoms with Crippen molar-refractivity contribution in [3.05, 3.63) is 60.7 Å². The number of benzene rings is 2. The van der Waals surface area contributed by atoms with Gasteiger partial charge >= 0.3 is 6.03 Å². The molecule has 4 amide bonds. The van der Waals surface area contributed by atoms with Gasteiger partial charge in [0.15, 0.2) is 0 Å². The first-order valence-electron chi connectivity index (χ1n) is 9.53. The highest BCUT2D eigenvalue weighted by Crippen LogP contribution is 2.31. The molecule has 0 aromatic heterocycles. The Balaban J connectivity index is 1.98. The van der Waals surface area contributed by atoms with Gasteiger partial charge in [0, 0.05) is 17.4 Å². The summed E-state index contributed by atoms with van der Waals surface area (Å²) in [6.45, 7) is 5.47. The van der Waals surface area contributed by atoms with Crippen LogP contribution in [0.4, 0.5) is 16.2 Å². The lowest BCUT2D eigenvalue weighted by molar-refractivity contribution is -0.141. The van der Waals surface area contributed by atoms with Crippen molar-refractivity contribution in [2.24, 2.45) is 5.92 Å². The van der Waals surface area contributed by atoms with Gasteiger partial charge in [-0.05, 0) is 44.5 Å². The lowest BCUT2D eigenvalue weighted by atomic mass is 9.92. The van der Waals surface area contributed by atoms with Crippen molar-refractivity contribution >= 4 is 29.2 Å². The molecule has 2 aromatic carbocycles. The van der Waals surface area contributed by atoms with E-state index in [4.69, 9.17) is 0 Å². The molecule has 28 heavy (non-hydrogen) atoms. The number of anilines is 2. The fourth-order valence-electron chi connectivity index (χ4n) is 3.48. The Morgan fingerprint density at radius 3 is 2.18 bits per heavy atom. The van der Waals surface area contributed by atoms with Gasteiger partial charge in [-0.2, -0.15) is 0 Å². The number of nitrogens with zero attached hydrogens (tertiary/aromatic N) is 2. The van der Waals surface area contributed by atoms with Crippen molar-refractivity contribution in [2.45, 2.75) is 39.3 Å². The summed E-state index contributed by atoms with van der Waals surface area (Å²) in [5, 5.41) is 2.81. The first kappa shape index (κ1) is 19.6. The van der Waals surface area contributed by atoms with Gasteiger partial charge in [-0.1, -0.05) is 43.3 Å². The Hall–Kier alpha value is -3.15. The molecule has 146 valence electrons. The predicted octanol–water partition coefficient (Wildman–Crippen LogP) is 3.90. The summed E-state index contributed by atoms with van der Waals surface area (Å²) < 4.78 is 0. The summed E-state index contributed by atoms with van der Waals surface area (Å²) in [4.78, 5) is 42.1. The van der Waals surface area contributed by atoms with Crippen LogP contribution in [0.15, 0.2) is 60.7 Å². The molecule has 2 aromatic rings. The molecule has 0 saturated carbocycles. The Morgan fingerprint density at radius 2 is 1.61 bits per heavy atom. The summed E-state index contributed by atoms with van der Waals surface area (Å²) in [5.41, 5.74) is 1.28. The molecule has 0 bridgehead atoms. The Kier molecular flexibility index (Phi) is 5.78. The number of carbonyl (C=O) groups is 3. The minimum atomic E-state index is -0.993. The standard InChI is InChI=1S/C22H25N3O3/c1-4-15(2)24-21(27)19(20(26)23-17-11-7-5-8-12-17)16(3)25(22(24)28)18-13-9-6-10-14-18/h5-16,19H,4H2,1-3H3,(H,23,26)/t15-,16+,19-/m0/s1. The van der Waals surface area contributed by atoms with Gasteiger partial charge in [0.1, 0.15) is 5.92 Å². The third-order valence-electron chi connectivity index (χ3n) is 5.20. The molecule has 1 N–H and O–H groups in total. The van der Waals surface area contributed by atoms with E-state index in [0.29, 0.717) is 17.8 Å². The molecule has 6 heteroatoms. The third kappa shape index (κ3) is 3.63. The van der Waals surface area contributed by atoms with E-state index < -0.39 is 23.8 Å². The average Bonchev–Trinajstić information content (AvgIpc) is 2.69. The lowest BCUT2D eigenvalue weighted by Crippen LogP contribution is -2.65. The minimum absolute atomic E-state index is 0.300. The first-order valence-corrected chi connectivity index (χ1v) is 9.53. The molecule has 1 heterocycles. The fraction of sp³-hybridized carbons (Fsp3) is 0.318. The van der Waals surface area contributed by atoms with E-state index in [-0.39, 0.29) is 12.1 Å². The van der Waals surface area contributed by atoms with E-state index >= 15 is 0 Å². The summed E-state index contributed by atoms with van der Waals surface area (Å²) in [7, 11) is 0. The maximum Gasteiger partial charge on any atom is 0.331 e. The molecule has 0 unspecified atom stereocenters. The molecule has 0 aliphatic carbocycles. The maximum atomic E-state index is 13.2. The minimum Gasteiger partial charge on any atom is -0.325 e. The second-order valence-electron chi connectivity index (χ2n) is 7.03. The quantitative estimate of drug-likeness (QED) is 0.801. The van der Waals surface area contributed by atoms with E-state index in [1.807, 2.05) is 62.4 Å². The smallest absolute Gasteiger partial charge is 0.325 e. The van der Waals surface area contributed by atoms with Gasteiger partial charge in [-0.15, -0.1) is 0 Å². The number of hydrogen-bond donors (Lipinski definition) is 1. The van der Waals surface area contributed by atoms with Crippen molar-refractivity contribution in [3.63, 3.8) is 0 Å². The van der Waals surface area contributed by atoms with Gasteiger partial charge in [0.25, 0.3) is 0 Å². The topological polar surface area (TPSA) is 69.7 Å². The van der Waals surface area contributed by atoms with Crippen molar-refractivity contribution in [2.75, 3.05) is 10.2 Å². The molecule has 1 fully saturated rings. The number of para-hydroxylation sites is 2. The van der Waals surface area contributed by atoms with Crippen LogP contribution in [0.1, 0.15) is 27.2 Å². The van der Waals surface area contributed by atoms with Crippen LogP contribution in [-0.4, -0.2) is 34.8 Å². The van der Waals surface area contributed by atoms with Gasteiger partial charge in [0.05, 0.1) is 6.04 Å². The zero-order valence-electron chi connectivity index (χ0n) is 16.3. The van der Waals surface area contributed by atoms with E-state index in [9.17, 15) is 14.4 Å². The number of rotatable bonds is 5. The molecular formula is C22H25N3O3. The van der Waals surface area contributed by atoms with E-state index in [2.05, 4.69) is 5.32 Å². The van der Waals surface area contributed by atoms with Crippen molar-refractivity contribution < 1.29 is 14.4 Å². The molecule has 3 atom stereocenters. The largest absolute Gasteiger partial charge is 0.331 e. The highest BCUT2D eigenvalue weighted by Gasteiger charge is 2.49. The van der Waals surface area contributed by atoms with E-state index in [1.54, 1.807) is 24.0 Å². The van der Waals surface area contributed by atoms with Crippen LogP contribution in [0.3, 0.4) is 0 Å². The molecule has 6 nitrogen and oxygen atoms in total. The van der Waals surface area contributed by atoms with Gasteiger partial charge in [-0.3, -0.25) is 19.4 Å². The van der Waals surface area contributed by atoms with Gasteiger partial charge in [0.2, 0.25) is 11.8 Å². The summed E-state index contributed by atoms with van der Waals surface area (Å²) in [5.74, 6) is -1.86. The van der Waals surface area contributed by atoms with Crippen molar-refractivity contribution in [1.29, 1.82) is 0 Å². The van der Waals surface area contributed by atoms with Crippen LogP contribution < -0.4 is 10.2 Å². The van der Waals surface area contributed by atoms with Crippen molar-refractivity contribution in [3.8, 4) is 0 Å². The zero-order valence-corrected chi connectivity index (χ0v) is 16.3. The van der Waals surface area contributed by atoms with Crippen molar-refractivity contribution in [1.82, 2.24) is 4.90 Å². The molecule has 0 radical (unpaired) electrons. The monoisotopic (exact) mass is 379 g/mol. The second-order valence-corrected chi connectivity index (χ2v) is 7.03. The molecular weight excluding hydrogens is 354 g/mol. The Morgan fingerprint density at radius 1 is 1.04 bits per heavy atom. The number of carbonyl (C=O) groups excluding carboxylic acids is 3. The van der Waals surface area contributed by atoms with Crippen LogP contribution in [0.2, 0.25) is 0 Å². The summed E-state index contributed by atoms with van der Waals surface area (Å²) >= 11 is 0. The van der Waals surface area contributed by atoms with Crippen LogP contribution in [-0.2, 0) is 9.59 Å². The second kappa shape index (κ2) is 8.25. The number of urea groups is 1. The SMILES string of the molecule is CC[C@H](C)N1C(=O)[C@H](C(=O)Nc2ccccc2)[C@@H](C)N(c2ccccc2)C1=O. The van der Waals surface area contributed by atoms with Gasteiger partial charge in [-0.25, -0.2) is 4.79 Å². The highest BCUT2D eigenvalue weighted by molar-refractivity contribution is 6.16. The maximum absolute atomic E-state index is 13.2. The van der Waals surface area contributed by atoms with Crippen LogP contribution in [0.5, 0.6) is 0 Å². The molecule has 0 spiro atoms. The molecule has 1 aliphatic rings. The van der Waals surface area contributed by atoms with Gasteiger partial charge < -0.3 is 5.32 Å². The predicted molar refractivity (Wildman–Crippen MR) is 109 cm³/mol. The fourth-order valence-corrected chi connectivity index (χ4v) is 3.48. The lowest BCUT2D eigenvalue weighted by Gasteiger charge is -2.44. The Labute approximate surface area is 165 Å². The average molecular weight is 379 g/mol. The number of amides is 4. The summed E-state index contributed by atoms with van der Waals surface area (Å²) in [6.07, 6.45) is 0.613. The molecule has 3 rings (SSSR count). The first-order chi connectivity index (χ1) is 13.5. The van der Waals surface area contributed by atoms with Crippen LogP contribution in [0.25, 0.3) is 0 Å². The highest BCUT2D eigenvalue weighted by atomic mass is 16.2. The van der Waals surface area contributed by atoms with Crippen LogP contribution in [0, 0.1) is 5.92 Å². The van der Waals surface area contributed by atoms with Crippen LogP contribution >= 0.6 is 0 Å². The van der Waals surface area contributed by atoms with E-state index in [1.165, 1.54) is 4.90 Å². The third-order valence-corrected chi connectivity index (χ3v) is 5.20. The number of imide groups is 1. The number of nitrogens with one attached hydrogen (secondary N) is 1. The number of hydrogen-bond acceptors (Lipinski definition) is 3. The van der Waals surface area contributed by atoms with E-state index in [0.717, 1.165) is 0 Å². The molecule has 1 aliphatic heterocycles. The Bertz CT molecular complexity index is 854. The summed E-state index contributed by atoms with van der Waals surface area (Å²) in [6, 6.07) is 16.9. The zero-order chi connectivity index (χ0) is 20.3.